The number of halogens is 3. The summed E-state index contributed by atoms with van der Waals surface area (Å²) in [4.78, 5) is 11.9. The molecule has 0 unspecified atom stereocenters. The van der Waals surface area contributed by atoms with Crippen molar-refractivity contribution in [2.75, 3.05) is 0 Å². The fraction of sp³-hybridized carbons (Fsp3) is 0.462. The molecular formula is C13H13Br2ClO2. The van der Waals surface area contributed by atoms with Gasteiger partial charge in [0, 0.05) is 5.02 Å². The zero-order valence-electron chi connectivity index (χ0n) is 9.99. The molecule has 1 saturated heterocycles. The van der Waals surface area contributed by atoms with Crippen molar-refractivity contribution in [3.63, 3.8) is 0 Å². The molecule has 0 amide bonds. The molecule has 1 aromatic rings. The van der Waals surface area contributed by atoms with Crippen molar-refractivity contribution in [1.82, 2.24) is 0 Å². The van der Waals surface area contributed by atoms with E-state index in [2.05, 4.69) is 31.9 Å². The molecule has 0 N–H and O–H groups in total. The number of rotatable bonds is 4. The van der Waals surface area contributed by atoms with Crippen LogP contribution in [-0.4, -0.2) is 22.3 Å². The number of epoxide rings is 1. The van der Waals surface area contributed by atoms with Gasteiger partial charge in [-0.05, 0) is 31.5 Å². The number of hydrogen-bond acceptors (Lipinski definition) is 2. The first kappa shape index (κ1) is 14.5. The molecule has 4 atom stereocenters. The molecule has 0 bridgehead atoms. The molecule has 1 aliphatic heterocycles. The van der Waals surface area contributed by atoms with Gasteiger partial charge in [0.05, 0.1) is 15.8 Å². The number of hydrogen-bond donors (Lipinski definition) is 0. The average molecular weight is 397 g/mol. The molecule has 98 valence electrons. The lowest BCUT2D eigenvalue weighted by Gasteiger charge is -2.18. The SMILES string of the molecule is C[C@H]1O[C@]1(C)C(=O)[C@H](Br)[C@@H](Br)c1ccc(Cl)cc1. The van der Waals surface area contributed by atoms with Crippen molar-refractivity contribution < 1.29 is 9.53 Å². The summed E-state index contributed by atoms with van der Waals surface area (Å²) in [6.45, 7) is 3.74. The van der Waals surface area contributed by atoms with Crippen molar-refractivity contribution in [2.24, 2.45) is 0 Å². The van der Waals surface area contributed by atoms with E-state index in [1.165, 1.54) is 0 Å². The molecule has 2 nitrogen and oxygen atoms in total. The third kappa shape index (κ3) is 2.67. The number of ketones is 1. The number of carbonyl (C=O) groups is 1. The lowest BCUT2D eigenvalue weighted by atomic mass is 9.97. The van der Waals surface area contributed by atoms with Crippen LogP contribution in [0.1, 0.15) is 24.2 Å². The second-order valence-corrected chi connectivity index (χ2v) is 7.00. The van der Waals surface area contributed by atoms with Crippen LogP contribution >= 0.6 is 43.5 Å². The third-order valence-corrected chi connectivity index (χ3v) is 6.29. The molecule has 0 radical (unpaired) electrons. The number of Topliss-reactive ketones (excluding diaryl/α,β-unsaturated/α-hetero) is 1. The minimum atomic E-state index is -0.646. The maximum absolute atomic E-state index is 12.3. The zero-order chi connectivity index (χ0) is 13.5. The van der Waals surface area contributed by atoms with Crippen LogP contribution in [0.3, 0.4) is 0 Å². The summed E-state index contributed by atoms with van der Waals surface area (Å²) >= 11 is 12.9. The molecule has 0 spiro atoms. The first-order valence-corrected chi connectivity index (χ1v) is 7.83. The van der Waals surface area contributed by atoms with Crippen molar-refractivity contribution in [1.29, 1.82) is 0 Å². The number of ether oxygens (including phenoxy) is 1. The Morgan fingerprint density at radius 2 is 1.89 bits per heavy atom. The van der Waals surface area contributed by atoms with Crippen LogP contribution < -0.4 is 0 Å². The van der Waals surface area contributed by atoms with Gasteiger partial charge in [-0.3, -0.25) is 4.79 Å². The Morgan fingerprint density at radius 1 is 1.39 bits per heavy atom. The molecular weight excluding hydrogens is 383 g/mol. The van der Waals surface area contributed by atoms with Gasteiger partial charge in [0.2, 0.25) is 0 Å². The Hall–Kier alpha value is 0.1000. The average Bonchev–Trinajstić information content (AvgIpc) is 2.97. The first-order valence-electron chi connectivity index (χ1n) is 5.62. The Morgan fingerprint density at radius 3 is 2.33 bits per heavy atom. The standard InChI is InChI=1S/C13H13Br2ClO2/c1-7-13(2,18-7)12(17)11(15)10(14)8-3-5-9(16)6-4-8/h3-7,10-11H,1-2H3/t7-,10+,11-,13+/m1/s1. The number of alkyl halides is 2. The van der Waals surface area contributed by atoms with Crippen LogP contribution in [0.2, 0.25) is 5.02 Å². The maximum atomic E-state index is 12.3. The predicted octanol–water partition coefficient (Wildman–Crippen LogP) is 4.29. The lowest BCUT2D eigenvalue weighted by molar-refractivity contribution is -0.122. The second-order valence-electron chi connectivity index (χ2n) is 4.59. The van der Waals surface area contributed by atoms with Crippen molar-refractivity contribution >= 4 is 49.2 Å². The summed E-state index contributed by atoms with van der Waals surface area (Å²) in [7, 11) is 0. The van der Waals surface area contributed by atoms with Crippen molar-refractivity contribution in [3.8, 4) is 0 Å². The highest BCUT2D eigenvalue weighted by atomic mass is 79.9. The van der Waals surface area contributed by atoms with E-state index in [1.54, 1.807) is 0 Å². The molecule has 5 heteroatoms. The molecule has 1 aliphatic rings. The Balaban J connectivity index is 2.11. The highest BCUT2D eigenvalue weighted by Gasteiger charge is 2.57. The highest BCUT2D eigenvalue weighted by molar-refractivity contribution is 9.12. The number of benzene rings is 1. The second kappa shape index (κ2) is 5.23. The van der Waals surface area contributed by atoms with Gasteiger partial charge in [0.15, 0.2) is 11.4 Å². The largest absolute Gasteiger partial charge is 0.358 e. The molecule has 1 fully saturated rings. The van der Waals surface area contributed by atoms with Crippen LogP contribution in [0.15, 0.2) is 24.3 Å². The summed E-state index contributed by atoms with van der Waals surface area (Å²) in [6, 6.07) is 7.44. The topological polar surface area (TPSA) is 29.6 Å². The van der Waals surface area contributed by atoms with Gasteiger partial charge in [0.1, 0.15) is 0 Å². The molecule has 2 rings (SSSR count). The van der Waals surface area contributed by atoms with E-state index in [4.69, 9.17) is 16.3 Å². The fourth-order valence-corrected chi connectivity index (χ4v) is 3.24. The smallest absolute Gasteiger partial charge is 0.182 e. The summed E-state index contributed by atoms with van der Waals surface area (Å²) in [5.41, 5.74) is 0.360. The minimum absolute atomic E-state index is 0.00466. The van der Waals surface area contributed by atoms with E-state index in [-0.39, 0.29) is 21.5 Å². The van der Waals surface area contributed by atoms with E-state index in [0.717, 1.165) is 5.56 Å². The third-order valence-electron chi connectivity index (χ3n) is 3.33. The van der Waals surface area contributed by atoms with E-state index in [1.807, 2.05) is 38.1 Å². The van der Waals surface area contributed by atoms with Crippen LogP contribution in [0.4, 0.5) is 0 Å². The minimum Gasteiger partial charge on any atom is -0.358 e. The molecule has 0 saturated carbocycles. The Kier molecular flexibility index (Phi) is 4.22. The summed E-state index contributed by atoms with van der Waals surface area (Å²) in [5, 5.41) is 0.682. The zero-order valence-corrected chi connectivity index (χ0v) is 13.9. The molecule has 1 aromatic carbocycles. The van der Waals surface area contributed by atoms with Crippen molar-refractivity contribution in [3.05, 3.63) is 34.9 Å². The van der Waals surface area contributed by atoms with Gasteiger partial charge < -0.3 is 4.74 Å². The predicted molar refractivity (Wildman–Crippen MR) is 79.8 cm³/mol. The van der Waals surface area contributed by atoms with Gasteiger partial charge in [-0.25, -0.2) is 0 Å². The lowest BCUT2D eigenvalue weighted by Crippen LogP contribution is -2.33. The monoisotopic (exact) mass is 394 g/mol. The molecule has 18 heavy (non-hydrogen) atoms. The van der Waals surface area contributed by atoms with Gasteiger partial charge >= 0.3 is 0 Å². The van der Waals surface area contributed by atoms with Gasteiger partial charge in [-0.15, -0.1) is 0 Å². The Bertz CT molecular complexity index is 463. The highest BCUT2D eigenvalue weighted by Crippen LogP contribution is 2.42. The summed E-state index contributed by atoms with van der Waals surface area (Å²) in [6.07, 6.45) is -0.00466. The quantitative estimate of drug-likeness (QED) is 0.561. The molecule has 1 heterocycles. The maximum Gasteiger partial charge on any atom is 0.182 e. The van der Waals surface area contributed by atoms with Gasteiger partial charge in [-0.1, -0.05) is 55.6 Å². The first-order chi connectivity index (χ1) is 8.36. The van der Waals surface area contributed by atoms with Crippen LogP contribution in [-0.2, 0) is 9.53 Å². The summed E-state index contributed by atoms with van der Waals surface area (Å²) < 4.78 is 5.37. The normalized spacial score (nSPS) is 29.7. The van der Waals surface area contributed by atoms with Crippen LogP contribution in [0.25, 0.3) is 0 Å². The van der Waals surface area contributed by atoms with Gasteiger partial charge in [0.25, 0.3) is 0 Å². The van der Waals surface area contributed by atoms with Crippen LogP contribution in [0.5, 0.6) is 0 Å². The Labute approximate surface area is 128 Å². The summed E-state index contributed by atoms with van der Waals surface area (Å²) in [5.74, 6) is 0.0619. The number of carbonyl (C=O) groups excluding carboxylic acids is 1. The molecule has 0 aromatic heterocycles. The van der Waals surface area contributed by atoms with Crippen molar-refractivity contribution in [2.45, 2.75) is 35.2 Å². The van der Waals surface area contributed by atoms with E-state index >= 15 is 0 Å². The molecule has 0 aliphatic carbocycles. The fourth-order valence-electron chi connectivity index (χ4n) is 1.81. The van der Waals surface area contributed by atoms with E-state index in [0.29, 0.717) is 5.02 Å². The van der Waals surface area contributed by atoms with E-state index < -0.39 is 5.60 Å². The van der Waals surface area contributed by atoms with Gasteiger partial charge in [-0.2, -0.15) is 0 Å². The van der Waals surface area contributed by atoms with Crippen LogP contribution in [0, 0.1) is 0 Å². The van der Waals surface area contributed by atoms with E-state index in [9.17, 15) is 4.79 Å².